The van der Waals surface area contributed by atoms with E-state index in [0.29, 0.717) is 12.3 Å². The molecule has 1 aliphatic rings. The summed E-state index contributed by atoms with van der Waals surface area (Å²) in [5, 5.41) is 2.82. The van der Waals surface area contributed by atoms with Crippen LogP contribution in [0.25, 0.3) is 0 Å². The summed E-state index contributed by atoms with van der Waals surface area (Å²) in [6.07, 6.45) is 0. The van der Waals surface area contributed by atoms with Gasteiger partial charge in [0.25, 0.3) is 5.91 Å². The third-order valence-electron chi connectivity index (χ3n) is 5.48. The van der Waals surface area contributed by atoms with Crippen molar-refractivity contribution in [3.63, 3.8) is 0 Å². The Balaban J connectivity index is 1.38. The maximum Gasteiger partial charge on any atom is 0.282 e. The summed E-state index contributed by atoms with van der Waals surface area (Å²) in [7, 11) is 1.65. The Kier molecular flexibility index (Phi) is 7.43. The van der Waals surface area contributed by atoms with Crippen molar-refractivity contribution < 1.29 is 28.5 Å². The highest BCUT2D eigenvalue weighted by Gasteiger charge is 2.31. The molecule has 3 N–H and O–H groups in total. The molecule has 0 bridgehead atoms. The van der Waals surface area contributed by atoms with E-state index in [9.17, 15) is 9.18 Å². The second-order valence-electron chi connectivity index (χ2n) is 7.40. The van der Waals surface area contributed by atoms with Crippen LogP contribution in [0.3, 0.4) is 0 Å². The molecule has 0 aliphatic carbocycles. The number of methoxy groups -OCH3 is 1. The molecule has 0 aromatic heterocycles. The molecule has 0 spiro atoms. The molecule has 0 unspecified atom stereocenters. The van der Waals surface area contributed by atoms with Crippen molar-refractivity contribution in [3.8, 4) is 11.5 Å². The van der Waals surface area contributed by atoms with Gasteiger partial charge in [-0.2, -0.15) is 0 Å². The topological polar surface area (TPSA) is 56.4 Å². The summed E-state index contributed by atoms with van der Waals surface area (Å²) in [4.78, 5) is 15.2. The average molecular weight is 403 g/mol. The molecule has 156 valence electrons. The zero-order valence-electron chi connectivity index (χ0n) is 17.0. The number of halogens is 1. The molecule has 3 rings (SSSR count). The predicted octanol–water partition coefficient (Wildman–Crippen LogP) is 0.0237. The van der Waals surface area contributed by atoms with Crippen LogP contribution in [0.15, 0.2) is 48.5 Å². The number of carbonyl (C=O) groups is 1. The highest BCUT2D eigenvalue weighted by atomic mass is 19.1. The Hall–Kier alpha value is -2.64. The summed E-state index contributed by atoms with van der Waals surface area (Å²) < 4.78 is 24.3. The average Bonchev–Trinajstić information content (AvgIpc) is 2.74. The molecule has 1 heterocycles. The fourth-order valence-corrected chi connectivity index (χ4v) is 3.59. The molecule has 1 amide bonds. The van der Waals surface area contributed by atoms with Gasteiger partial charge in [0.05, 0.1) is 7.11 Å². The number of ether oxygens (including phenoxy) is 2. The molecule has 1 atom stereocenters. The highest BCUT2D eigenvalue weighted by molar-refractivity contribution is 5.93. The number of hydrogen-bond donors (Lipinski definition) is 3. The molecule has 6 nitrogen and oxygen atoms in total. The van der Waals surface area contributed by atoms with Gasteiger partial charge in [0.1, 0.15) is 56.6 Å². The summed E-state index contributed by atoms with van der Waals surface area (Å²) in [5.74, 6) is 1.24. The second kappa shape index (κ2) is 10.2. The molecule has 1 saturated heterocycles. The van der Waals surface area contributed by atoms with Crippen molar-refractivity contribution in [1.29, 1.82) is 0 Å². The molecule has 1 fully saturated rings. The van der Waals surface area contributed by atoms with Crippen molar-refractivity contribution in [2.24, 2.45) is 0 Å². The number of nitrogens with one attached hydrogen (secondary N) is 3. The maximum atomic E-state index is 13.3. The molecule has 7 heteroatoms. The maximum absolute atomic E-state index is 13.3. The normalized spacial score (nSPS) is 20.0. The minimum absolute atomic E-state index is 0.0723. The van der Waals surface area contributed by atoms with E-state index in [1.807, 2.05) is 31.2 Å². The van der Waals surface area contributed by atoms with E-state index >= 15 is 0 Å². The van der Waals surface area contributed by atoms with Crippen molar-refractivity contribution in [3.05, 3.63) is 54.3 Å². The number of benzene rings is 2. The van der Waals surface area contributed by atoms with Crippen molar-refractivity contribution in [1.82, 2.24) is 0 Å². The Morgan fingerprint density at radius 2 is 1.79 bits per heavy atom. The zero-order valence-corrected chi connectivity index (χ0v) is 17.0. The summed E-state index contributed by atoms with van der Waals surface area (Å²) in [6.45, 7) is 7.38. The number of anilines is 1. The van der Waals surface area contributed by atoms with E-state index in [2.05, 4.69) is 5.32 Å². The van der Waals surface area contributed by atoms with Crippen LogP contribution in [0, 0.1) is 5.82 Å². The summed E-state index contributed by atoms with van der Waals surface area (Å²) in [5.41, 5.74) is 0.501. The van der Waals surface area contributed by atoms with Gasteiger partial charge in [-0.15, -0.1) is 0 Å². The van der Waals surface area contributed by atoms with Gasteiger partial charge in [-0.1, -0.05) is 6.07 Å². The van der Waals surface area contributed by atoms with Gasteiger partial charge in [-0.25, -0.2) is 4.39 Å². The van der Waals surface area contributed by atoms with Gasteiger partial charge in [0, 0.05) is 5.69 Å². The Morgan fingerprint density at radius 1 is 1.10 bits per heavy atom. The molecule has 0 saturated carbocycles. The van der Waals surface area contributed by atoms with Crippen LogP contribution in [0.1, 0.15) is 6.92 Å². The van der Waals surface area contributed by atoms with Gasteiger partial charge in [0.15, 0.2) is 6.04 Å². The lowest BCUT2D eigenvalue weighted by Gasteiger charge is -2.32. The van der Waals surface area contributed by atoms with E-state index < -0.39 is 0 Å². The largest absolute Gasteiger partial charge is 0.497 e. The SMILES string of the molecule is COc1ccc(OCC[NH+]2CC[NH+]([C@H](C)C(=O)Nc3cccc(F)c3)CC2)cc1. The summed E-state index contributed by atoms with van der Waals surface area (Å²) >= 11 is 0. The smallest absolute Gasteiger partial charge is 0.282 e. The number of carbonyl (C=O) groups excluding carboxylic acids is 1. The zero-order chi connectivity index (χ0) is 20.6. The first-order valence-electron chi connectivity index (χ1n) is 10.1. The van der Waals surface area contributed by atoms with Gasteiger partial charge in [-0.05, 0) is 49.4 Å². The summed E-state index contributed by atoms with van der Waals surface area (Å²) in [6, 6.07) is 13.4. The van der Waals surface area contributed by atoms with Crippen LogP contribution in [-0.4, -0.2) is 58.4 Å². The van der Waals surface area contributed by atoms with Crippen LogP contribution in [0.2, 0.25) is 0 Å². The Morgan fingerprint density at radius 3 is 2.45 bits per heavy atom. The fraction of sp³-hybridized carbons (Fsp3) is 0.409. The lowest BCUT2D eigenvalue weighted by molar-refractivity contribution is -1.02. The van der Waals surface area contributed by atoms with Gasteiger partial charge in [-0.3, -0.25) is 4.79 Å². The van der Waals surface area contributed by atoms with Crippen LogP contribution < -0.4 is 24.6 Å². The molecular weight excluding hydrogens is 373 g/mol. The Bertz CT molecular complexity index is 792. The fourth-order valence-electron chi connectivity index (χ4n) is 3.59. The minimum Gasteiger partial charge on any atom is -0.497 e. The van der Waals surface area contributed by atoms with E-state index in [0.717, 1.165) is 44.2 Å². The monoisotopic (exact) mass is 403 g/mol. The second-order valence-corrected chi connectivity index (χ2v) is 7.40. The first kappa shape index (κ1) is 21.1. The van der Waals surface area contributed by atoms with E-state index in [4.69, 9.17) is 9.47 Å². The van der Waals surface area contributed by atoms with Crippen molar-refractivity contribution >= 4 is 11.6 Å². The third kappa shape index (κ3) is 6.17. The van der Waals surface area contributed by atoms with Crippen LogP contribution in [0.5, 0.6) is 11.5 Å². The number of piperazine rings is 1. The highest BCUT2D eigenvalue weighted by Crippen LogP contribution is 2.16. The van der Waals surface area contributed by atoms with Crippen LogP contribution in [-0.2, 0) is 4.79 Å². The molecule has 29 heavy (non-hydrogen) atoms. The quantitative estimate of drug-likeness (QED) is 0.583. The molecule has 2 aromatic carbocycles. The lowest BCUT2D eigenvalue weighted by Crippen LogP contribution is -3.30. The molecule has 1 aliphatic heterocycles. The molecular formula is C22H30FN3O3+2. The van der Waals surface area contributed by atoms with Crippen molar-refractivity contribution in [2.45, 2.75) is 13.0 Å². The first-order valence-corrected chi connectivity index (χ1v) is 10.1. The van der Waals surface area contributed by atoms with Crippen LogP contribution in [0.4, 0.5) is 10.1 Å². The third-order valence-corrected chi connectivity index (χ3v) is 5.48. The van der Waals surface area contributed by atoms with E-state index in [1.165, 1.54) is 21.9 Å². The molecule has 0 radical (unpaired) electrons. The lowest BCUT2D eigenvalue weighted by atomic mass is 10.2. The van der Waals surface area contributed by atoms with E-state index in [1.54, 1.807) is 19.2 Å². The number of hydrogen-bond acceptors (Lipinski definition) is 3. The number of quaternary nitrogens is 2. The van der Waals surface area contributed by atoms with Gasteiger partial charge in [0.2, 0.25) is 0 Å². The number of rotatable bonds is 8. The minimum atomic E-state index is -0.350. The van der Waals surface area contributed by atoms with E-state index in [-0.39, 0.29) is 17.8 Å². The molecule has 2 aromatic rings. The van der Waals surface area contributed by atoms with Gasteiger partial charge >= 0.3 is 0 Å². The van der Waals surface area contributed by atoms with Crippen LogP contribution >= 0.6 is 0 Å². The van der Waals surface area contributed by atoms with Gasteiger partial charge < -0.3 is 24.6 Å². The number of amides is 1. The first-order chi connectivity index (χ1) is 14.0. The standard InChI is InChI=1S/C22H28FN3O3/c1-17(22(27)24-19-5-3-4-18(23)16-19)26-12-10-25(11-13-26)14-15-29-21-8-6-20(28-2)7-9-21/h3-9,16-17H,10-15H2,1-2H3,(H,24,27)/p+2/t17-/m1/s1. The predicted molar refractivity (Wildman–Crippen MR) is 109 cm³/mol. The Labute approximate surface area is 171 Å². The van der Waals surface area contributed by atoms with Crippen molar-refractivity contribution in [2.75, 3.05) is 51.8 Å².